The number of aliphatic hydroxyl groups excluding tert-OH is 1. The minimum absolute atomic E-state index is 0.209. The molecule has 0 saturated heterocycles. The third-order valence-electron chi connectivity index (χ3n) is 2.79. The van der Waals surface area contributed by atoms with Crippen molar-refractivity contribution in [1.82, 2.24) is 10.6 Å². The quantitative estimate of drug-likeness (QED) is 0.605. The Labute approximate surface area is 95.7 Å². The summed E-state index contributed by atoms with van der Waals surface area (Å²) in [7, 11) is 0. The molecular weight excluding hydrogens is 207 g/mol. The van der Waals surface area contributed by atoms with E-state index in [-0.39, 0.29) is 18.3 Å². The van der Waals surface area contributed by atoms with Crippen molar-refractivity contribution >= 4 is 0 Å². The minimum atomic E-state index is -0.424. The zero-order chi connectivity index (χ0) is 12.0. The Bertz CT molecular complexity index is 289. The average Bonchev–Trinajstić information content (AvgIpc) is 2.73. The lowest BCUT2D eigenvalue weighted by molar-refractivity contribution is 0.228. The monoisotopic (exact) mass is 226 g/mol. The van der Waals surface area contributed by atoms with Crippen LogP contribution in [0.2, 0.25) is 0 Å². The molecule has 1 fully saturated rings. The van der Waals surface area contributed by atoms with Gasteiger partial charge in [0.1, 0.15) is 0 Å². The maximum absolute atomic E-state index is 13.4. The Morgan fingerprint density at radius 2 is 2.25 bits per heavy atom. The van der Waals surface area contributed by atoms with Gasteiger partial charge in [-0.05, 0) is 31.4 Å². The third-order valence-corrected chi connectivity index (χ3v) is 2.79. The summed E-state index contributed by atoms with van der Waals surface area (Å²) < 4.78 is 13.4. The Balaban J connectivity index is 2.37. The summed E-state index contributed by atoms with van der Waals surface area (Å²) in [5.41, 5.74) is 0.276. The lowest BCUT2D eigenvalue weighted by Gasteiger charge is -2.15. The molecule has 2 atom stereocenters. The topological polar surface area (TPSA) is 44.3 Å². The molecule has 0 aliphatic heterocycles. The molecule has 0 aromatic heterocycles. The van der Waals surface area contributed by atoms with E-state index in [1.807, 2.05) is 0 Å². The first-order chi connectivity index (χ1) is 7.67. The number of hydrogen-bond donors (Lipinski definition) is 3. The average molecular weight is 226 g/mol. The minimum Gasteiger partial charge on any atom is -0.396 e. The van der Waals surface area contributed by atoms with E-state index in [1.54, 1.807) is 0 Å². The van der Waals surface area contributed by atoms with Gasteiger partial charge in [-0.2, -0.15) is 0 Å². The van der Waals surface area contributed by atoms with Gasteiger partial charge in [0.05, 0.1) is 5.70 Å². The molecule has 0 aromatic carbocycles. The Morgan fingerprint density at radius 1 is 1.50 bits per heavy atom. The van der Waals surface area contributed by atoms with Gasteiger partial charge in [0.15, 0.2) is 5.83 Å². The van der Waals surface area contributed by atoms with Gasteiger partial charge >= 0.3 is 0 Å². The lowest BCUT2D eigenvalue weighted by atomic mass is 10.1. The molecule has 16 heavy (non-hydrogen) atoms. The van der Waals surface area contributed by atoms with Crippen molar-refractivity contribution in [1.29, 1.82) is 0 Å². The molecular formula is C12H19FN2O. The van der Waals surface area contributed by atoms with Crippen LogP contribution in [-0.2, 0) is 0 Å². The number of allylic oxidation sites excluding steroid dienone is 1. The summed E-state index contributed by atoms with van der Waals surface area (Å²) in [5.74, 6) is -0.0870. The molecule has 90 valence electrons. The molecule has 1 aliphatic rings. The van der Waals surface area contributed by atoms with Crippen molar-refractivity contribution in [3.8, 4) is 0 Å². The van der Waals surface area contributed by atoms with Crippen molar-refractivity contribution in [2.24, 2.45) is 5.92 Å². The zero-order valence-corrected chi connectivity index (χ0v) is 9.38. The van der Waals surface area contributed by atoms with Gasteiger partial charge in [-0.25, -0.2) is 4.39 Å². The van der Waals surface area contributed by atoms with Gasteiger partial charge in [-0.3, -0.25) is 0 Å². The van der Waals surface area contributed by atoms with Gasteiger partial charge in [0, 0.05) is 18.8 Å². The Morgan fingerprint density at radius 3 is 2.81 bits per heavy atom. The van der Waals surface area contributed by atoms with E-state index in [4.69, 9.17) is 5.11 Å². The lowest BCUT2D eigenvalue weighted by Crippen LogP contribution is -2.26. The largest absolute Gasteiger partial charge is 0.396 e. The highest BCUT2D eigenvalue weighted by atomic mass is 19.1. The van der Waals surface area contributed by atoms with Gasteiger partial charge in [0.2, 0.25) is 0 Å². The predicted octanol–water partition coefficient (Wildman–Crippen LogP) is 1.79. The van der Waals surface area contributed by atoms with Crippen LogP contribution in [0.4, 0.5) is 4.39 Å². The Hall–Kier alpha value is -1.29. The number of aliphatic hydroxyl groups is 1. The van der Waals surface area contributed by atoms with Crippen LogP contribution in [-0.4, -0.2) is 17.8 Å². The standard InChI is InChI=1S/C12H19FN2O/c1-3-14-7-12(13)9(2)15-11-5-4-10(6-11)8-16/h3,7,10-11,14-16H,1-2,4-6,8H2/b12-7+. The zero-order valence-electron chi connectivity index (χ0n) is 9.38. The van der Waals surface area contributed by atoms with Crippen LogP contribution in [0, 0.1) is 5.92 Å². The second-order valence-electron chi connectivity index (χ2n) is 4.04. The van der Waals surface area contributed by atoms with Crippen LogP contribution < -0.4 is 10.6 Å². The molecule has 2 unspecified atom stereocenters. The van der Waals surface area contributed by atoms with Crippen molar-refractivity contribution < 1.29 is 9.50 Å². The van der Waals surface area contributed by atoms with Gasteiger partial charge in [-0.15, -0.1) is 0 Å². The fourth-order valence-electron chi connectivity index (χ4n) is 1.91. The molecule has 3 nitrogen and oxygen atoms in total. The number of hydrogen-bond acceptors (Lipinski definition) is 3. The SMILES string of the molecule is C=CN/C=C(/F)C(=C)NC1CCC(CO)C1. The van der Waals surface area contributed by atoms with E-state index in [9.17, 15) is 4.39 Å². The molecule has 0 aromatic rings. The fraction of sp³-hybridized carbons (Fsp3) is 0.500. The fourth-order valence-corrected chi connectivity index (χ4v) is 1.91. The molecule has 0 amide bonds. The van der Waals surface area contributed by atoms with Crippen LogP contribution in [0.3, 0.4) is 0 Å². The number of rotatable bonds is 6. The Kier molecular flexibility index (Phi) is 5.05. The van der Waals surface area contributed by atoms with E-state index in [0.29, 0.717) is 5.92 Å². The van der Waals surface area contributed by atoms with E-state index in [2.05, 4.69) is 23.8 Å². The van der Waals surface area contributed by atoms with Gasteiger partial charge in [-0.1, -0.05) is 13.2 Å². The van der Waals surface area contributed by atoms with Crippen molar-refractivity contribution in [2.75, 3.05) is 6.61 Å². The number of nitrogens with one attached hydrogen (secondary N) is 2. The molecule has 3 N–H and O–H groups in total. The van der Waals surface area contributed by atoms with Crippen LogP contribution in [0.15, 0.2) is 37.1 Å². The van der Waals surface area contributed by atoms with Crippen LogP contribution in [0.1, 0.15) is 19.3 Å². The van der Waals surface area contributed by atoms with E-state index in [1.165, 1.54) is 12.4 Å². The maximum atomic E-state index is 13.4. The van der Waals surface area contributed by atoms with E-state index < -0.39 is 5.83 Å². The summed E-state index contributed by atoms with van der Waals surface area (Å²) in [4.78, 5) is 0. The third kappa shape index (κ3) is 3.70. The molecule has 1 aliphatic carbocycles. The van der Waals surface area contributed by atoms with Crippen LogP contribution in [0.5, 0.6) is 0 Å². The molecule has 0 heterocycles. The van der Waals surface area contributed by atoms with Crippen molar-refractivity contribution in [3.63, 3.8) is 0 Å². The summed E-state index contributed by atoms with van der Waals surface area (Å²) in [6.07, 6.45) is 5.41. The highest BCUT2D eigenvalue weighted by Gasteiger charge is 2.24. The summed E-state index contributed by atoms with van der Waals surface area (Å²) in [6.45, 7) is 7.26. The summed E-state index contributed by atoms with van der Waals surface area (Å²) in [5, 5.41) is 14.6. The first kappa shape index (κ1) is 12.8. The van der Waals surface area contributed by atoms with Crippen molar-refractivity contribution in [3.05, 3.63) is 37.1 Å². The molecule has 0 radical (unpaired) electrons. The highest BCUT2D eigenvalue weighted by molar-refractivity contribution is 5.20. The normalized spacial score (nSPS) is 25.2. The molecule has 0 bridgehead atoms. The smallest absolute Gasteiger partial charge is 0.161 e. The second kappa shape index (κ2) is 6.33. The van der Waals surface area contributed by atoms with E-state index >= 15 is 0 Å². The van der Waals surface area contributed by atoms with E-state index in [0.717, 1.165) is 19.3 Å². The predicted molar refractivity (Wildman–Crippen MR) is 63.0 cm³/mol. The van der Waals surface area contributed by atoms with Gasteiger partial charge in [0.25, 0.3) is 0 Å². The highest BCUT2D eigenvalue weighted by Crippen LogP contribution is 2.26. The molecule has 1 saturated carbocycles. The summed E-state index contributed by atoms with van der Waals surface area (Å²) >= 11 is 0. The summed E-state index contributed by atoms with van der Waals surface area (Å²) in [6, 6.07) is 0.215. The van der Waals surface area contributed by atoms with Gasteiger partial charge < -0.3 is 15.7 Å². The van der Waals surface area contributed by atoms with Crippen LogP contribution in [0.25, 0.3) is 0 Å². The molecule has 4 heteroatoms. The first-order valence-electron chi connectivity index (χ1n) is 5.46. The molecule has 1 rings (SSSR count). The van der Waals surface area contributed by atoms with Crippen LogP contribution >= 0.6 is 0 Å². The number of halogens is 1. The first-order valence-corrected chi connectivity index (χ1v) is 5.46. The molecule has 0 spiro atoms. The van der Waals surface area contributed by atoms with Crippen molar-refractivity contribution in [2.45, 2.75) is 25.3 Å². The maximum Gasteiger partial charge on any atom is 0.161 e. The second-order valence-corrected chi connectivity index (χ2v) is 4.04.